The Morgan fingerprint density at radius 2 is 2.47 bits per heavy atom. The van der Waals surface area contributed by atoms with Crippen LogP contribution in [0.4, 0.5) is 0 Å². The normalized spacial score (nSPS) is 19.1. The highest BCUT2D eigenvalue weighted by Gasteiger charge is 2.11. The van der Waals surface area contributed by atoms with Crippen molar-refractivity contribution in [2.75, 3.05) is 6.54 Å². The van der Waals surface area contributed by atoms with E-state index in [4.69, 9.17) is 0 Å². The molecule has 0 radical (unpaired) electrons. The van der Waals surface area contributed by atoms with Crippen LogP contribution in [0.25, 0.3) is 5.65 Å². The van der Waals surface area contributed by atoms with Crippen LogP contribution in [0.15, 0.2) is 35.6 Å². The second kappa shape index (κ2) is 4.08. The molecule has 1 aliphatic heterocycles. The van der Waals surface area contributed by atoms with E-state index in [-0.39, 0.29) is 0 Å². The first-order chi connectivity index (χ1) is 8.31. The largest absolute Gasteiger partial charge is 0.352 e. The number of hydrogen-bond acceptors (Lipinski definition) is 4. The minimum absolute atomic E-state index is 0.429. The molecule has 1 unspecified atom stereocenters. The third-order valence-electron chi connectivity index (χ3n) is 2.76. The van der Waals surface area contributed by atoms with Crippen LogP contribution in [0.2, 0.25) is 0 Å². The molecule has 1 aliphatic rings. The van der Waals surface area contributed by atoms with Gasteiger partial charge in [-0.05, 0) is 19.1 Å². The number of guanidine groups is 1. The predicted molar refractivity (Wildman–Crippen MR) is 66.9 cm³/mol. The maximum absolute atomic E-state index is 4.51. The zero-order valence-corrected chi connectivity index (χ0v) is 9.72. The average Bonchev–Trinajstić information content (AvgIpc) is 2.91. The number of imidazole rings is 1. The van der Waals surface area contributed by atoms with Crippen molar-refractivity contribution in [3.63, 3.8) is 0 Å². The smallest absolute Gasteiger partial charge is 0.191 e. The lowest BCUT2D eigenvalue weighted by molar-refractivity contribution is 0.712. The molecule has 5 heteroatoms. The minimum Gasteiger partial charge on any atom is -0.352 e. The third-order valence-corrected chi connectivity index (χ3v) is 2.76. The van der Waals surface area contributed by atoms with Crippen LogP contribution in [0.3, 0.4) is 0 Å². The standard InChI is InChI=1S/C12H15N5/c1-9-6-13-12(15-9)14-7-10-8-17-5-3-2-4-11(17)16-10/h2-5,8-9H,6-7H2,1H3,(H2,13,14,15). The Morgan fingerprint density at radius 3 is 3.24 bits per heavy atom. The summed E-state index contributed by atoms with van der Waals surface area (Å²) in [6, 6.07) is 6.41. The summed E-state index contributed by atoms with van der Waals surface area (Å²) in [6.07, 6.45) is 4.03. The summed E-state index contributed by atoms with van der Waals surface area (Å²) in [7, 11) is 0. The lowest BCUT2D eigenvalue weighted by atomic mass is 10.4. The van der Waals surface area contributed by atoms with Gasteiger partial charge in [0, 0.05) is 18.4 Å². The molecule has 2 N–H and O–H groups in total. The van der Waals surface area contributed by atoms with Crippen LogP contribution in [-0.4, -0.2) is 27.9 Å². The molecule has 1 atom stereocenters. The van der Waals surface area contributed by atoms with Crippen molar-refractivity contribution in [3.8, 4) is 0 Å². The highest BCUT2D eigenvalue weighted by molar-refractivity contribution is 5.81. The van der Waals surface area contributed by atoms with Crippen molar-refractivity contribution in [1.29, 1.82) is 0 Å². The highest BCUT2D eigenvalue weighted by Crippen LogP contribution is 2.04. The van der Waals surface area contributed by atoms with Crippen molar-refractivity contribution in [1.82, 2.24) is 20.0 Å². The molecule has 0 aromatic carbocycles. The van der Waals surface area contributed by atoms with Gasteiger partial charge in [0.1, 0.15) is 5.65 Å². The van der Waals surface area contributed by atoms with Crippen molar-refractivity contribution in [3.05, 3.63) is 36.3 Å². The fourth-order valence-electron chi connectivity index (χ4n) is 1.91. The number of nitrogens with one attached hydrogen (secondary N) is 2. The molecule has 3 heterocycles. The zero-order valence-electron chi connectivity index (χ0n) is 9.72. The monoisotopic (exact) mass is 229 g/mol. The Bertz CT molecular complexity index is 524. The average molecular weight is 229 g/mol. The molecule has 0 saturated carbocycles. The van der Waals surface area contributed by atoms with Crippen LogP contribution in [-0.2, 0) is 6.54 Å². The summed E-state index contributed by atoms with van der Waals surface area (Å²) in [5.74, 6) is 0.870. The van der Waals surface area contributed by atoms with Gasteiger partial charge in [0.25, 0.3) is 0 Å². The van der Waals surface area contributed by atoms with Gasteiger partial charge in [-0.1, -0.05) is 6.07 Å². The first-order valence-electron chi connectivity index (χ1n) is 5.79. The molecule has 5 nitrogen and oxygen atoms in total. The van der Waals surface area contributed by atoms with E-state index in [1.54, 1.807) is 0 Å². The quantitative estimate of drug-likeness (QED) is 0.800. The van der Waals surface area contributed by atoms with Crippen LogP contribution in [0, 0.1) is 0 Å². The summed E-state index contributed by atoms with van der Waals surface area (Å²) in [5, 5.41) is 6.51. The molecule has 0 amide bonds. The molecule has 0 spiro atoms. The summed E-state index contributed by atoms with van der Waals surface area (Å²) >= 11 is 0. The maximum Gasteiger partial charge on any atom is 0.191 e. The van der Waals surface area contributed by atoms with E-state index >= 15 is 0 Å². The van der Waals surface area contributed by atoms with Gasteiger partial charge in [-0.15, -0.1) is 0 Å². The molecule has 17 heavy (non-hydrogen) atoms. The fraction of sp³-hybridized carbons (Fsp3) is 0.333. The van der Waals surface area contributed by atoms with Gasteiger partial charge in [-0.3, -0.25) is 4.99 Å². The Kier molecular flexibility index (Phi) is 2.44. The van der Waals surface area contributed by atoms with Gasteiger partial charge >= 0.3 is 0 Å². The maximum atomic E-state index is 4.51. The summed E-state index contributed by atoms with van der Waals surface area (Å²) in [6.45, 7) is 3.65. The van der Waals surface area contributed by atoms with Gasteiger partial charge in [-0.2, -0.15) is 0 Å². The second-order valence-corrected chi connectivity index (χ2v) is 4.29. The molecule has 0 bridgehead atoms. The first kappa shape index (κ1) is 10.1. The number of aromatic nitrogens is 2. The fourth-order valence-corrected chi connectivity index (χ4v) is 1.91. The molecule has 0 fully saturated rings. The zero-order chi connectivity index (χ0) is 11.7. The van der Waals surface area contributed by atoms with Crippen LogP contribution >= 0.6 is 0 Å². The molecule has 0 aliphatic carbocycles. The lowest BCUT2D eigenvalue weighted by Crippen LogP contribution is -2.37. The van der Waals surface area contributed by atoms with Crippen molar-refractivity contribution < 1.29 is 0 Å². The number of pyridine rings is 1. The number of fused-ring (bicyclic) bond motifs is 1. The van der Waals surface area contributed by atoms with E-state index in [2.05, 4.69) is 27.5 Å². The summed E-state index contributed by atoms with van der Waals surface area (Å²) in [5.41, 5.74) is 1.99. The number of aliphatic imine (C=N–C) groups is 1. The number of rotatable bonds is 2. The van der Waals surface area contributed by atoms with Crippen LogP contribution in [0.1, 0.15) is 12.6 Å². The minimum atomic E-state index is 0.429. The van der Waals surface area contributed by atoms with Crippen molar-refractivity contribution in [2.24, 2.45) is 4.99 Å². The molecule has 2 aromatic rings. The van der Waals surface area contributed by atoms with E-state index in [0.717, 1.165) is 23.8 Å². The van der Waals surface area contributed by atoms with Crippen molar-refractivity contribution >= 4 is 11.6 Å². The number of hydrogen-bond donors (Lipinski definition) is 2. The van der Waals surface area contributed by atoms with E-state index < -0.39 is 0 Å². The van der Waals surface area contributed by atoms with Gasteiger partial charge in [-0.25, -0.2) is 4.98 Å². The second-order valence-electron chi connectivity index (χ2n) is 4.29. The Morgan fingerprint density at radius 1 is 1.53 bits per heavy atom. The van der Waals surface area contributed by atoms with E-state index in [1.807, 2.05) is 35.0 Å². The summed E-state index contributed by atoms with van der Waals surface area (Å²) < 4.78 is 2.02. The lowest BCUT2D eigenvalue weighted by Gasteiger charge is -2.06. The molecule has 0 saturated heterocycles. The van der Waals surface area contributed by atoms with Gasteiger partial charge in [0.05, 0.1) is 18.8 Å². The van der Waals surface area contributed by atoms with E-state index in [0.29, 0.717) is 12.6 Å². The Labute approximate surface area is 99.6 Å². The molecule has 2 aromatic heterocycles. The van der Waals surface area contributed by atoms with Gasteiger partial charge in [0.2, 0.25) is 0 Å². The molecular weight excluding hydrogens is 214 g/mol. The first-order valence-corrected chi connectivity index (χ1v) is 5.79. The molecule has 88 valence electrons. The van der Waals surface area contributed by atoms with E-state index in [9.17, 15) is 0 Å². The molecule has 3 rings (SSSR count). The van der Waals surface area contributed by atoms with Crippen molar-refractivity contribution in [2.45, 2.75) is 19.5 Å². The predicted octanol–water partition coefficient (Wildman–Crippen LogP) is 0.772. The van der Waals surface area contributed by atoms with Crippen LogP contribution in [0.5, 0.6) is 0 Å². The van der Waals surface area contributed by atoms with E-state index in [1.165, 1.54) is 0 Å². The SMILES string of the molecule is CC1CN=C(NCc2cn3ccccc3n2)N1. The van der Waals surface area contributed by atoms with Crippen LogP contribution < -0.4 is 10.6 Å². The highest BCUT2D eigenvalue weighted by atomic mass is 15.2. The van der Waals surface area contributed by atoms with Gasteiger partial charge < -0.3 is 15.0 Å². The topological polar surface area (TPSA) is 53.7 Å². The third kappa shape index (κ3) is 2.08. The number of nitrogens with zero attached hydrogens (tertiary/aromatic N) is 3. The Hall–Kier alpha value is -2.04. The van der Waals surface area contributed by atoms with Gasteiger partial charge in [0.15, 0.2) is 5.96 Å². The molecular formula is C12H15N5. The summed E-state index contributed by atoms with van der Waals surface area (Å²) in [4.78, 5) is 8.86. The Balaban J connectivity index is 1.69.